The van der Waals surface area contributed by atoms with E-state index in [1.54, 1.807) is 37.3 Å². The van der Waals surface area contributed by atoms with E-state index in [1.165, 1.54) is 24.3 Å². The van der Waals surface area contributed by atoms with Crippen molar-refractivity contribution in [3.63, 3.8) is 0 Å². The second-order valence-corrected chi connectivity index (χ2v) is 5.92. The van der Waals surface area contributed by atoms with Gasteiger partial charge < -0.3 is 10.6 Å². The number of benzene rings is 2. The van der Waals surface area contributed by atoms with E-state index in [0.29, 0.717) is 24.6 Å². The van der Waals surface area contributed by atoms with Crippen molar-refractivity contribution in [3.8, 4) is 0 Å². The lowest BCUT2D eigenvalue weighted by Crippen LogP contribution is -2.27. The van der Waals surface area contributed by atoms with Crippen LogP contribution < -0.4 is 10.6 Å². The van der Waals surface area contributed by atoms with Crippen LogP contribution in [0.4, 0.5) is 20.3 Å². The van der Waals surface area contributed by atoms with Crippen LogP contribution in [0, 0.1) is 18.6 Å². The molecular weight excluding hydrogens is 350 g/mol. The van der Waals surface area contributed by atoms with Gasteiger partial charge in [-0.3, -0.25) is 4.79 Å². The predicted octanol–water partition coefficient (Wildman–Crippen LogP) is 3.78. The molecule has 27 heavy (non-hydrogen) atoms. The number of rotatable bonds is 6. The van der Waals surface area contributed by atoms with E-state index < -0.39 is 5.82 Å². The average Bonchev–Trinajstić information content (AvgIpc) is 2.65. The number of hydrogen-bond donors (Lipinski definition) is 2. The van der Waals surface area contributed by atoms with Crippen LogP contribution in [0.3, 0.4) is 0 Å². The van der Waals surface area contributed by atoms with Crippen molar-refractivity contribution in [2.45, 2.75) is 13.3 Å². The second-order valence-electron chi connectivity index (χ2n) is 5.92. The van der Waals surface area contributed by atoms with Crippen LogP contribution in [-0.2, 0) is 6.42 Å². The Morgan fingerprint density at radius 2 is 1.78 bits per heavy atom. The summed E-state index contributed by atoms with van der Waals surface area (Å²) < 4.78 is 26.7. The molecule has 2 N–H and O–H groups in total. The second kappa shape index (κ2) is 8.35. The number of nitrogens with zero attached hydrogens (tertiary/aromatic N) is 2. The zero-order chi connectivity index (χ0) is 19.2. The zero-order valence-electron chi connectivity index (χ0n) is 14.7. The third-order valence-electron chi connectivity index (χ3n) is 3.82. The standard InChI is InChI=1S/C20H18F2N4O/c1-13-24-18(12-19(25-13)26-17-5-3-2-4-16(17)22)20(27)23-11-10-14-6-8-15(21)9-7-14/h2-9,12H,10-11H2,1H3,(H,23,27)(H,24,25,26). The summed E-state index contributed by atoms with van der Waals surface area (Å²) in [7, 11) is 0. The monoisotopic (exact) mass is 368 g/mol. The maximum Gasteiger partial charge on any atom is 0.270 e. The largest absolute Gasteiger partial charge is 0.350 e. The molecule has 138 valence electrons. The Labute approximate surface area is 155 Å². The summed E-state index contributed by atoms with van der Waals surface area (Å²) in [5, 5.41) is 5.62. The van der Waals surface area contributed by atoms with Crippen molar-refractivity contribution >= 4 is 17.4 Å². The highest BCUT2D eigenvalue weighted by Gasteiger charge is 2.11. The molecule has 0 bridgehead atoms. The highest BCUT2D eigenvalue weighted by atomic mass is 19.1. The maximum absolute atomic E-state index is 13.8. The van der Waals surface area contributed by atoms with E-state index in [1.807, 2.05) is 0 Å². The smallest absolute Gasteiger partial charge is 0.270 e. The molecule has 0 fully saturated rings. The lowest BCUT2D eigenvalue weighted by Gasteiger charge is -2.10. The van der Waals surface area contributed by atoms with Gasteiger partial charge in [0, 0.05) is 12.6 Å². The van der Waals surface area contributed by atoms with Gasteiger partial charge in [0.05, 0.1) is 5.69 Å². The van der Waals surface area contributed by atoms with E-state index in [2.05, 4.69) is 20.6 Å². The molecule has 1 aromatic heterocycles. The first-order valence-electron chi connectivity index (χ1n) is 8.41. The Morgan fingerprint density at radius 1 is 1.04 bits per heavy atom. The molecule has 0 radical (unpaired) electrons. The summed E-state index contributed by atoms with van der Waals surface area (Å²) in [6.07, 6.45) is 0.566. The summed E-state index contributed by atoms with van der Waals surface area (Å²) in [4.78, 5) is 20.7. The van der Waals surface area contributed by atoms with E-state index in [-0.39, 0.29) is 23.1 Å². The SMILES string of the molecule is Cc1nc(Nc2ccccc2F)cc(C(=O)NCCc2ccc(F)cc2)n1. The van der Waals surface area contributed by atoms with Gasteiger partial charge in [-0.15, -0.1) is 0 Å². The fraction of sp³-hybridized carbons (Fsp3) is 0.150. The van der Waals surface area contributed by atoms with E-state index >= 15 is 0 Å². The van der Waals surface area contributed by atoms with E-state index in [4.69, 9.17) is 0 Å². The molecule has 1 heterocycles. The third-order valence-corrected chi connectivity index (χ3v) is 3.82. The third kappa shape index (κ3) is 5.07. The summed E-state index contributed by atoms with van der Waals surface area (Å²) >= 11 is 0. The Hall–Kier alpha value is -3.35. The molecule has 1 amide bonds. The zero-order valence-corrected chi connectivity index (χ0v) is 14.7. The summed E-state index contributed by atoms with van der Waals surface area (Å²) in [5.74, 6) is -0.358. The van der Waals surface area contributed by atoms with Crippen molar-refractivity contribution in [1.82, 2.24) is 15.3 Å². The number of para-hydroxylation sites is 1. The van der Waals surface area contributed by atoms with Gasteiger partial charge in [-0.05, 0) is 43.2 Å². The van der Waals surface area contributed by atoms with Gasteiger partial charge in [0.1, 0.15) is 29.0 Å². The van der Waals surface area contributed by atoms with Gasteiger partial charge in [0.25, 0.3) is 5.91 Å². The van der Waals surface area contributed by atoms with Gasteiger partial charge in [0.15, 0.2) is 0 Å². The number of hydrogen-bond acceptors (Lipinski definition) is 4. The van der Waals surface area contributed by atoms with Crippen molar-refractivity contribution < 1.29 is 13.6 Å². The molecule has 0 aliphatic rings. The number of anilines is 2. The maximum atomic E-state index is 13.8. The summed E-state index contributed by atoms with van der Waals surface area (Å²) in [6, 6.07) is 13.8. The van der Waals surface area contributed by atoms with Crippen LogP contribution in [0.1, 0.15) is 21.9 Å². The predicted molar refractivity (Wildman–Crippen MR) is 98.9 cm³/mol. The van der Waals surface area contributed by atoms with Crippen LogP contribution in [0.2, 0.25) is 0 Å². The molecule has 0 unspecified atom stereocenters. The number of halogens is 2. The molecule has 3 rings (SSSR count). The van der Waals surface area contributed by atoms with Crippen molar-refractivity contribution in [2.75, 3.05) is 11.9 Å². The summed E-state index contributed by atoms with van der Waals surface area (Å²) in [6.45, 7) is 2.03. The minimum absolute atomic E-state index is 0.181. The van der Waals surface area contributed by atoms with Gasteiger partial charge >= 0.3 is 0 Å². The highest BCUT2D eigenvalue weighted by molar-refractivity contribution is 5.93. The normalized spacial score (nSPS) is 10.5. The fourth-order valence-corrected chi connectivity index (χ4v) is 2.51. The number of carbonyl (C=O) groups excluding carboxylic acids is 1. The van der Waals surface area contributed by atoms with E-state index in [9.17, 15) is 13.6 Å². The Kier molecular flexibility index (Phi) is 5.71. The molecule has 0 aliphatic carbocycles. The van der Waals surface area contributed by atoms with Gasteiger partial charge in [0.2, 0.25) is 0 Å². The lowest BCUT2D eigenvalue weighted by atomic mass is 10.1. The van der Waals surface area contributed by atoms with Crippen molar-refractivity contribution in [1.29, 1.82) is 0 Å². The molecule has 0 aliphatic heterocycles. The quantitative estimate of drug-likeness (QED) is 0.695. The van der Waals surface area contributed by atoms with Gasteiger partial charge in [-0.2, -0.15) is 0 Å². The van der Waals surface area contributed by atoms with Crippen molar-refractivity contribution in [2.24, 2.45) is 0 Å². The fourth-order valence-electron chi connectivity index (χ4n) is 2.51. The Bertz CT molecular complexity index is 945. The molecular formula is C20H18F2N4O. The topological polar surface area (TPSA) is 66.9 Å². The van der Waals surface area contributed by atoms with Crippen LogP contribution >= 0.6 is 0 Å². The van der Waals surface area contributed by atoms with E-state index in [0.717, 1.165) is 5.56 Å². The first kappa shape index (κ1) is 18.4. The molecule has 3 aromatic rings. The Balaban J connectivity index is 1.65. The van der Waals surface area contributed by atoms with Crippen LogP contribution in [0.15, 0.2) is 54.6 Å². The van der Waals surface area contributed by atoms with Gasteiger partial charge in [-0.1, -0.05) is 24.3 Å². The number of aromatic nitrogens is 2. The number of nitrogens with one attached hydrogen (secondary N) is 2. The number of amides is 1. The summed E-state index contributed by atoms with van der Waals surface area (Å²) in [5.41, 5.74) is 1.36. The average molecular weight is 368 g/mol. The molecule has 7 heteroatoms. The molecule has 0 atom stereocenters. The van der Waals surface area contributed by atoms with Gasteiger partial charge in [-0.25, -0.2) is 18.7 Å². The molecule has 0 spiro atoms. The molecule has 2 aromatic carbocycles. The van der Waals surface area contributed by atoms with Crippen LogP contribution in [0.25, 0.3) is 0 Å². The van der Waals surface area contributed by atoms with Crippen molar-refractivity contribution in [3.05, 3.63) is 83.3 Å². The number of carbonyl (C=O) groups is 1. The minimum atomic E-state index is -0.418. The highest BCUT2D eigenvalue weighted by Crippen LogP contribution is 2.18. The lowest BCUT2D eigenvalue weighted by molar-refractivity contribution is 0.0949. The molecule has 0 saturated heterocycles. The number of aryl methyl sites for hydroxylation is 1. The first-order chi connectivity index (χ1) is 13.0. The molecule has 0 saturated carbocycles. The Morgan fingerprint density at radius 3 is 2.52 bits per heavy atom. The van der Waals surface area contributed by atoms with Crippen LogP contribution in [0.5, 0.6) is 0 Å². The molecule has 5 nitrogen and oxygen atoms in total. The minimum Gasteiger partial charge on any atom is -0.350 e. The first-order valence-corrected chi connectivity index (χ1v) is 8.41. The van der Waals surface area contributed by atoms with Crippen LogP contribution in [-0.4, -0.2) is 22.4 Å².